The summed E-state index contributed by atoms with van der Waals surface area (Å²) in [5.41, 5.74) is 1.77. The maximum Gasteiger partial charge on any atom is 0.198 e. The first kappa shape index (κ1) is 9.70. The molecule has 0 unspecified atom stereocenters. The number of ether oxygens (including phenoxy) is 1. The molecule has 1 fully saturated rings. The summed E-state index contributed by atoms with van der Waals surface area (Å²) in [6, 6.07) is 5.78. The van der Waals surface area contributed by atoms with Crippen LogP contribution in [0.4, 0.5) is 0 Å². The summed E-state index contributed by atoms with van der Waals surface area (Å²) < 4.78 is 11.0. The van der Waals surface area contributed by atoms with Gasteiger partial charge in [0.15, 0.2) is 11.5 Å². The van der Waals surface area contributed by atoms with Crippen LogP contribution in [-0.4, -0.2) is 12.1 Å². The van der Waals surface area contributed by atoms with Crippen molar-refractivity contribution >= 4 is 11.1 Å². The van der Waals surface area contributed by atoms with E-state index in [2.05, 4.69) is 4.98 Å². The number of rotatable bonds is 2. The Bertz CT molecular complexity index is 498. The molecule has 3 heteroatoms. The van der Waals surface area contributed by atoms with Gasteiger partial charge >= 0.3 is 0 Å². The summed E-state index contributed by atoms with van der Waals surface area (Å²) >= 11 is 0. The van der Waals surface area contributed by atoms with Crippen LogP contribution < -0.4 is 4.74 Å². The fraction of sp³-hybridized carbons (Fsp3) is 0.462. The van der Waals surface area contributed by atoms with E-state index in [0.717, 1.165) is 22.7 Å². The zero-order valence-electron chi connectivity index (χ0n) is 9.40. The molecule has 3 nitrogen and oxygen atoms in total. The fourth-order valence-corrected chi connectivity index (χ4v) is 2.40. The quantitative estimate of drug-likeness (QED) is 0.772. The van der Waals surface area contributed by atoms with Gasteiger partial charge in [0.1, 0.15) is 11.3 Å². The number of oxazole rings is 1. The first-order valence-electron chi connectivity index (χ1n) is 5.81. The molecule has 1 saturated carbocycles. The highest BCUT2D eigenvalue weighted by atomic mass is 16.5. The van der Waals surface area contributed by atoms with Gasteiger partial charge in [-0.2, -0.15) is 0 Å². The third kappa shape index (κ3) is 1.56. The van der Waals surface area contributed by atoms with E-state index < -0.39 is 0 Å². The molecule has 3 rings (SSSR count). The van der Waals surface area contributed by atoms with Gasteiger partial charge in [-0.3, -0.25) is 0 Å². The minimum absolute atomic E-state index is 0.526. The third-order valence-electron chi connectivity index (χ3n) is 3.32. The normalized spacial score (nSPS) is 17.1. The molecule has 0 saturated heterocycles. The number of methoxy groups -OCH3 is 1. The lowest BCUT2D eigenvalue weighted by molar-refractivity contribution is 0.413. The molecular weight excluding hydrogens is 202 g/mol. The molecule has 0 spiro atoms. The second-order valence-corrected chi connectivity index (χ2v) is 4.37. The van der Waals surface area contributed by atoms with E-state index in [9.17, 15) is 0 Å². The van der Waals surface area contributed by atoms with Crippen LogP contribution in [0.25, 0.3) is 11.1 Å². The van der Waals surface area contributed by atoms with Gasteiger partial charge in [-0.05, 0) is 25.0 Å². The summed E-state index contributed by atoms with van der Waals surface area (Å²) in [6.45, 7) is 0. The van der Waals surface area contributed by atoms with Crippen LogP contribution in [0, 0.1) is 0 Å². The molecule has 16 heavy (non-hydrogen) atoms. The summed E-state index contributed by atoms with van der Waals surface area (Å²) in [4.78, 5) is 4.55. The predicted octanol–water partition coefficient (Wildman–Crippen LogP) is 3.49. The Morgan fingerprint density at radius 2 is 2.12 bits per heavy atom. The molecule has 0 radical (unpaired) electrons. The van der Waals surface area contributed by atoms with Crippen LogP contribution in [0.5, 0.6) is 5.75 Å². The minimum atomic E-state index is 0.526. The maximum atomic E-state index is 5.80. The molecule has 1 aromatic heterocycles. The van der Waals surface area contributed by atoms with Crippen molar-refractivity contribution in [1.29, 1.82) is 0 Å². The molecule has 1 aromatic carbocycles. The second-order valence-electron chi connectivity index (χ2n) is 4.37. The lowest BCUT2D eigenvalue weighted by Crippen LogP contribution is -1.90. The minimum Gasteiger partial charge on any atom is -0.497 e. The van der Waals surface area contributed by atoms with Crippen LogP contribution in [-0.2, 0) is 0 Å². The van der Waals surface area contributed by atoms with Gasteiger partial charge in [-0.25, -0.2) is 4.98 Å². The highest BCUT2D eigenvalue weighted by molar-refractivity contribution is 5.74. The van der Waals surface area contributed by atoms with Crippen LogP contribution in [0.1, 0.15) is 37.5 Å². The number of hydrogen-bond donors (Lipinski definition) is 0. The van der Waals surface area contributed by atoms with Gasteiger partial charge in [-0.1, -0.05) is 12.8 Å². The van der Waals surface area contributed by atoms with Gasteiger partial charge in [0, 0.05) is 12.0 Å². The van der Waals surface area contributed by atoms with E-state index in [1.54, 1.807) is 7.11 Å². The summed E-state index contributed by atoms with van der Waals surface area (Å²) in [7, 11) is 1.66. The molecule has 2 aromatic rings. The summed E-state index contributed by atoms with van der Waals surface area (Å²) in [6.07, 6.45) is 5.02. The van der Waals surface area contributed by atoms with E-state index in [-0.39, 0.29) is 0 Å². The number of hydrogen-bond acceptors (Lipinski definition) is 3. The van der Waals surface area contributed by atoms with Crippen LogP contribution in [0.15, 0.2) is 22.6 Å². The van der Waals surface area contributed by atoms with Crippen LogP contribution >= 0.6 is 0 Å². The average Bonchev–Trinajstić information content (AvgIpc) is 2.96. The molecule has 0 aliphatic heterocycles. The van der Waals surface area contributed by atoms with Crippen molar-refractivity contribution in [1.82, 2.24) is 4.98 Å². The Morgan fingerprint density at radius 3 is 2.88 bits per heavy atom. The topological polar surface area (TPSA) is 35.3 Å². The molecule has 0 amide bonds. The fourth-order valence-electron chi connectivity index (χ4n) is 2.40. The molecule has 1 aliphatic carbocycles. The van der Waals surface area contributed by atoms with Crippen molar-refractivity contribution in [2.45, 2.75) is 31.6 Å². The zero-order chi connectivity index (χ0) is 11.0. The van der Waals surface area contributed by atoms with Crippen molar-refractivity contribution < 1.29 is 9.15 Å². The first-order valence-corrected chi connectivity index (χ1v) is 5.81. The largest absolute Gasteiger partial charge is 0.497 e. The van der Waals surface area contributed by atoms with E-state index in [1.807, 2.05) is 18.2 Å². The molecule has 1 heterocycles. The highest BCUT2D eigenvalue weighted by Crippen LogP contribution is 2.35. The van der Waals surface area contributed by atoms with Crippen LogP contribution in [0.2, 0.25) is 0 Å². The van der Waals surface area contributed by atoms with Crippen molar-refractivity contribution in [2.24, 2.45) is 0 Å². The SMILES string of the molecule is COc1ccc2nc(C3CCCC3)oc2c1. The van der Waals surface area contributed by atoms with Gasteiger partial charge in [0.2, 0.25) is 0 Å². The molecule has 0 atom stereocenters. The predicted molar refractivity (Wildman–Crippen MR) is 61.8 cm³/mol. The number of aromatic nitrogens is 1. The number of fused-ring (bicyclic) bond motifs is 1. The highest BCUT2D eigenvalue weighted by Gasteiger charge is 2.22. The second kappa shape index (κ2) is 3.81. The van der Waals surface area contributed by atoms with Gasteiger partial charge < -0.3 is 9.15 Å². The van der Waals surface area contributed by atoms with E-state index in [0.29, 0.717) is 5.92 Å². The van der Waals surface area contributed by atoms with E-state index in [4.69, 9.17) is 9.15 Å². The van der Waals surface area contributed by atoms with Crippen LogP contribution in [0.3, 0.4) is 0 Å². The molecule has 84 valence electrons. The Balaban J connectivity index is 2.01. The van der Waals surface area contributed by atoms with E-state index in [1.165, 1.54) is 25.7 Å². The molecule has 0 bridgehead atoms. The van der Waals surface area contributed by atoms with Crippen molar-refractivity contribution in [3.63, 3.8) is 0 Å². The average molecular weight is 217 g/mol. The van der Waals surface area contributed by atoms with E-state index >= 15 is 0 Å². The summed E-state index contributed by atoms with van der Waals surface area (Å²) in [5, 5.41) is 0. The first-order chi connectivity index (χ1) is 7.86. The monoisotopic (exact) mass is 217 g/mol. The molecular formula is C13H15NO2. The number of nitrogens with zero attached hydrogens (tertiary/aromatic N) is 1. The molecule has 0 N–H and O–H groups in total. The zero-order valence-corrected chi connectivity index (χ0v) is 9.40. The Morgan fingerprint density at radius 1 is 1.31 bits per heavy atom. The standard InChI is InChI=1S/C13H15NO2/c1-15-10-6-7-11-12(8-10)16-13(14-11)9-4-2-3-5-9/h6-9H,2-5H2,1H3. The van der Waals surface area contributed by atoms with Gasteiger partial charge in [0.05, 0.1) is 7.11 Å². The Hall–Kier alpha value is -1.51. The molecule has 1 aliphatic rings. The summed E-state index contributed by atoms with van der Waals surface area (Å²) in [5.74, 6) is 2.25. The third-order valence-corrected chi connectivity index (χ3v) is 3.32. The smallest absolute Gasteiger partial charge is 0.198 e. The van der Waals surface area contributed by atoms with Crippen molar-refractivity contribution in [3.05, 3.63) is 24.1 Å². The van der Waals surface area contributed by atoms with Crippen molar-refractivity contribution in [2.75, 3.05) is 7.11 Å². The number of benzene rings is 1. The lowest BCUT2D eigenvalue weighted by Gasteiger charge is -2.00. The van der Waals surface area contributed by atoms with Crippen molar-refractivity contribution in [3.8, 4) is 5.75 Å². The lowest BCUT2D eigenvalue weighted by atomic mass is 10.1. The van der Waals surface area contributed by atoms with Gasteiger partial charge in [0.25, 0.3) is 0 Å². The Kier molecular flexibility index (Phi) is 2.31. The Labute approximate surface area is 94.4 Å². The maximum absolute atomic E-state index is 5.80. The van der Waals surface area contributed by atoms with Gasteiger partial charge in [-0.15, -0.1) is 0 Å².